The van der Waals surface area contributed by atoms with Crippen molar-refractivity contribution in [2.24, 2.45) is 0 Å². The molecule has 0 aromatic heterocycles. The Balaban J connectivity index is 1.66. The predicted octanol–water partition coefficient (Wildman–Crippen LogP) is 4.92. The van der Waals surface area contributed by atoms with Crippen LogP contribution in [-0.4, -0.2) is 0 Å². The SMILES string of the molecule is Nc1ccccc1Oc1ccc(OCc2c(F)cccc2F)cc1. The van der Waals surface area contributed by atoms with Gasteiger partial charge >= 0.3 is 0 Å². The molecule has 5 heteroatoms. The standard InChI is InChI=1S/C19H15F2NO2/c20-16-4-3-5-17(21)15(16)12-23-13-8-10-14(11-9-13)24-19-7-2-1-6-18(19)22/h1-11H,12,22H2. The van der Waals surface area contributed by atoms with E-state index in [-0.39, 0.29) is 12.2 Å². The third-order valence-electron chi connectivity index (χ3n) is 3.42. The van der Waals surface area contributed by atoms with E-state index in [9.17, 15) is 8.78 Å². The van der Waals surface area contributed by atoms with Gasteiger partial charge < -0.3 is 15.2 Å². The van der Waals surface area contributed by atoms with Gasteiger partial charge in [0.05, 0.1) is 11.3 Å². The predicted molar refractivity (Wildman–Crippen MR) is 88.1 cm³/mol. The summed E-state index contributed by atoms with van der Waals surface area (Å²) in [7, 11) is 0. The molecule has 3 rings (SSSR count). The average molecular weight is 327 g/mol. The highest BCUT2D eigenvalue weighted by Gasteiger charge is 2.09. The number of rotatable bonds is 5. The molecule has 0 aliphatic rings. The molecule has 0 radical (unpaired) electrons. The second-order valence-corrected chi connectivity index (χ2v) is 5.10. The summed E-state index contributed by atoms with van der Waals surface area (Å²) < 4.78 is 38.2. The highest BCUT2D eigenvalue weighted by Crippen LogP contribution is 2.28. The summed E-state index contributed by atoms with van der Waals surface area (Å²) in [5.41, 5.74) is 6.25. The van der Waals surface area contributed by atoms with E-state index in [0.29, 0.717) is 22.9 Å². The molecule has 0 bridgehead atoms. The van der Waals surface area contributed by atoms with Gasteiger partial charge in [0.25, 0.3) is 0 Å². The number of anilines is 1. The number of hydrogen-bond acceptors (Lipinski definition) is 3. The molecule has 0 saturated carbocycles. The maximum atomic E-state index is 13.5. The van der Waals surface area contributed by atoms with Crippen molar-refractivity contribution in [1.29, 1.82) is 0 Å². The normalized spacial score (nSPS) is 10.4. The lowest BCUT2D eigenvalue weighted by Gasteiger charge is -2.10. The maximum Gasteiger partial charge on any atom is 0.150 e. The molecule has 0 amide bonds. The van der Waals surface area contributed by atoms with Crippen molar-refractivity contribution < 1.29 is 18.3 Å². The smallest absolute Gasteiger partial charge is 0.150 e. The molecule has 0 atom stereocenters. The molecule has 0 heterocycles. The van der Waals surface area contributed by atoms with Crippen LogP contribution >= 0.6 is 0 Å². The molecule has 0 unspecified atom stereocenters. The zero-order valence-corrected chi connectivity index (χ0v) is 12.7. The van der Waals surface area contributed by atoms with Crippen LogP contribution < -0.4 is 15.2 Å². The van der Waals surface area contributed by atoms with Gasteiger partial charge in [-0.2, -0.15) is 0 Å². The third kappa shape index (κ3) is 3.63. The van der Waals surface area contributed by atoms with E-state index in [1.807, 2.05) is 12.1 Å². The maximum absolute atomic E-state index is 13.5. The molecule has 24 heavy (non-hydrogen) atoms. The molecule has 3 nitrogen and oxygen atoms in total. The van der Waals surface area contributed by atoms with Crippen LogP contribution in [0, 0.1) is 11.6 Å². The number of halogens is 2. The summed E-state index contributed by atoms with van der Waals surface area (Å²) in [6.07, 6.45) is 0. The van der Waals surface area contributed by atoms with Crippen LogP contribution in [0.2, 0.25) is 0 Å². The topological polar surface area (TPSA) is 44.5 Å². The second kappa shape index (κ2) is 7.00. The number of nitrogens with two attached hydrogens (primary N) is 1. The van der Waals surface area contributed by atoms with Gasteiger partial charge in [0.2, 0.25) is 0 Å². The number of benzene rings is 3. The van der Waals surface area contributed by atoms with Crippen molar-refractivity contribution in [3.05, 3.63) is 83.9 Å². The van der Waals surface area contributed by atoms with Crippen molar-refractivity contribution in [3.8, 4) is 17.2 Å². The summed E-state index contributed by atoms with van der Waals surface area (Å²) in [6.45, 7) is -0.190. The Bertz CT molecular complexity index is 815. The number of nitrogen functional groups attached to an aromatic ring is 1. The second-order valence-electron chi connectivity index (χ2n) is 5.10. The van der Waals surface area contributed by atoms with Crippen molar-refractivity contribution in [2.45, 2.75) is 6.61 Å². The van der Waals surface area contributed by atoms with Gasteiger partial charge in [-0.25, -0.2) is 8.78 Å². The Morgan fingerprint density at radius 1 is 0.750 bits per heavy atom. The first-order valence-electron chi connectivity index (χ1n) is 7.31. The molecule has 2 N–H and O–H groups in total. The molecular formula is C19H15F2NO2. The first kappa shape index (κ1) is 15.8. The Hall–Kier alpha value is -3.08. The van der Waals surface area contributed by atoms with Crippen molar-refractivity contribution in [2.75, 3.05) is 5.73 Å². The van der Waals surface area contributed by atoms with Crippen molar-refractivity contribution in [1.82, 2.24) is 0 Å². The fraction of sp³-hybridized carbons (Fsp3) is 0.0526. The van der Waals surface area contributed by atoms with Crippen molar-refractivity contribution in [3.63, 3.8) is 0 Å². The molecular weight excluding hydrogens is 312 g/mol. The molecule has 0 fully saturated rings. The zero-order valence-electron chi connectivity index (χ0n) is 12.7. The Labute approximate surface area is 138 Å². The minimum absolute atomic E-state index is 0.102. The van der Waals surface area contributed by atoms with Gasteiger partial charge in [0.1, 0.15) is 35.5 Å². The fourth-order valence-electron chi connectivity index (χ4n) is 2.13. The average Bonchev–Trinajstić information content (AvgIpc) is 2.58. The van der Waals surface area contributed by atoms with Crippen LogP contribution in [0.25, 0.3) is 0 Å². The van der Waals surface area contributed by atoms with Crippen LogP contribution in [0.1, 0.15) is 5.56 Å². The number of hydrogen-bond donors (Lipinski definition) is 1. The minimum atomic E-state index is -0.630. The Kier molecular flexibility index (Phi) is 4.61. The summed E-state index contributed by atoms with van der Waals surface area (Å²) in [4.78, 5) is 0. The van der Waals surface area contributed by atoms with Crippen LogP contribution in [0.5, 0.6) is 17.2 Å². The first-order valence-corrected chi connectivity index (χ1v) is 7.31. The molecule has 0 aliphatic heterocycles. The Morgan fingerprint density at radius 2 is 1.38 bits per heavy atom. The van der Waals surface area contributed by atoms with Gasteiger partial charge in [-0.15, -0.1) is 0 Å². The molecule has 3 aromatic rings. The van der Waals surface area contributed by atoms with Gasteiger partial charge in [-0.05, 0) is 48.5 Å². The number of ether oxygens (including phenoxy) is 2. The van der Waals surface area contributed by atoms with Gasteiger partial charge in [0, 0.05) is 0 Å². The van der Waals surface area contributed by atoms with Crippen LogP contribution in [0.15, 0.2) is 66.7 Å². The zero-order chi connectivity index (χ0) is 16.9. The summed E-state index contributed by atoms with van der Waals surface area (Å²) in [6, 6.07) is 17.6. The van der Waals surface area contributed by atoms with E-state index in [0.717, 1.165) is 0 Å². The largest absolute Gasteiger partial charge is 0.489 e. The van der Waals surface area contributed by atoms with Crippen LogP contribution in [0.3, 0.4) is 0 Å². The van der Waals surface area contributed by atoms with Gasteiger partial charge in [-0.3, -0.25) is 0 Å². The molecule has 122 valence electrons. The van der Waals surface area contributed by atoms with Crippen molar-refractivity contribution >= 4 is 5.69 Å². The highest BCUT2D eigenvalue weighted by molar-refractivity contribution is 5.53. The monoisotopic (exact) mass is 327 g/mol. The lowest BCUT2D eigenvalue weighted by atomic mass is 10.2. The van der Waals surface area contributed by atoms with Gasteiger partial charge in [-0.1, -0.05) is 18.2 Å². The van der Waals surface area contributed by atoms with E-state index in [4.69, 9.17) is 15.2 Å². The third-order valence-corrected chi connectivity index (χ3v) is 3.42. The lowest BCUT2D eigenvalue weighted by Crippen LogP contribution is -2.01. The summed E-state index contributed by atoms with van der Waals surface area (Å²) >= 11 is 0. The quantitative estimate of drug-likeness (QED) is 0.677. The summed E-state index contributed by atoms with van der Waals surface area (Å²) in [5, 5.41) is 0. The minimum Gasteiger partial charge on any atom is -0.489 e. The van der Waals surface area contributed by atoms with E-state index in [1.165, 1.54) is 18.2 Å². The highest BCUT2D eigenvalue weighted by atomic mass is 19.1. The van der Waals surface area contributed by atoms with Crippen LogP contribution in [-0.2, 0) is 6.61 Å². The van der Waals surface area contributed by atoms with E-state index >= 15 is 0 Å². The van der Waals surface area contributed by atoms with Crippen LogP contribution in [0.4, 0.5) is 14.5 Å². The first-order chi connectivity index (χ1) is 11.6. The van der Waals surface area contributed by atoms with E-state index in [2.05, 4.69) is 0 Å². The molecule has 0 aliphatic carbocycles. The molecule has 0 spiro atoms. The molecule has 3 aromatic carbocycles. The molecule has 0 saturated heterocycles. The fourth-order valence-corrected chi connectivity index (χ4v) is 2.13. The van der Waals surface area contributed by atoms with E-state index < -0.39 is 11.6 Å². The Morgan fingerprint density at radius 3 is 2.04 bits per heavy atom. The lowest BCUT2D eigenvalue weighted by molar-refractivity contribution is 0.292. The van der Waals surface area contributed by atoms with E-state index in [1.54, 1.807) is 36.4 Å². The number of para-hydroxylation sites is 2. The van der Waals surface area contributed by atoms with Gasteiger partial charge in [0.15, 0.2) is 0 Å². The summed E-state index contributed by atoms with van der Waals surface area (Å²) in [5.74, 6) is 0.354.